The van der Waals surface area contributed by atoms with Crippen molar-refractivity contribution in [3.63, 3.8) is 0 Å². The standard InChI is InChI=1S/C25H31NO/c1-4-25(2,3)22-15-20(18-8-6-5-7-9-18)14-21(24(22)27)16-26-23-13-17-10-11-19(23)12-17/h5-9,14-17,19,23,27H,4,10-13H2,1-3H3. The summed E-state index contributed by atoms with van der Waals surface area (Å²) in [6.45, 7) is 6.58. The molecule has 2 aliphatic carbocycles. The van der Waals surface area contributed by atoms with Crippen LogP contribution >= 0.6 is 0 Å². The van der Waals surface area contributed by atoms with E-state index in [1.165, 1.54) is 31.2 Å². The van der Waals surface area contributed by atoms with Crippen molar-refractivity contribution >= 4 is 6.21 Å². The first-order valence-corrected chi connectivity index (χ1v) is 10.4. The van der Waals surface area contributed by atoms with Gasteiger partial charge < -0.3 is 5.11 Å². The van der Waals surface area contributed by atoms with Crippen LogP contribution in [0.15, 0.2) is 47.5 Å². The summed E-state index contributed by atoms with van der Waals surface area (Å²) in [7, 11) is 0. The highest BCUT2D eigenvalue weighted by Crippen LogP contribution is 2.46. The Kier molecular flexibility index (Phi) is 4.84. The van der Waals surface area contributed by atoms with E-state index in [9.17, 15) is 5.11 Å². The van der Waals surface area contributed by atoms with Gasteiger partial charge in [-0.15, -0.1) is 0 Å². The van der Waals surface area contributed by atoms with Gasteiger partial charge in [0.15, 0.2) is 0 Å². The molecule has 2 heteroatoms. The summed E-state index contributed by atoms with van der Waals surface area (Å²) in [6.07, 6.45) is 8.22. The van der Waals surface area contributed by atoms with Gasteiger partial charge in [-0.2, -0.15) is 0 Å². The number of aliphatic imine (C=N–C) groups is 1. The molecule has 2 nitrogen and oxygen atoms in total. The van der Waals surface area contributed by atoms with E-state index in [1.54, 1.807) is 0 Å². The second-order valence-corrected chi connectivity index (χ2v) is 9.09. The van der Waals surface area contributed by atoms with E-state index < -0.39 is 0 Å². The molecule has 2 bridgehead atoms. The Morgan fingerprint density at radius 3 is 2.48 bits per heavy atom. The number of rotatable bonds is 5. The highest BCUT2D eigenvalue weighted by molar-refractivity contribution is 5.87. The van der Waals surface area contributed by atoms with Crippen molar-refractivity contribution in [2.45, 2.75) is 64.3 Å². The zero-order chi connectivity index (χ0) is 19.0. The predicted molar refractivity (Wildman–Crippen MR) is 114 cm³/mol. The molecule has 2 aliphatic rings. The third-order valence-electron chi connectivity index (χ3n) is 6.97. The molecule has 3 unspecified atom stereocenters. The van der Waals surface area contributed by atoms with Crippen LogP contribution in [0.5, 0.6) is 5.75 Å². The van der Waals surface area contributed by atoms with Crippen molar-refractivity contribution in [1.82, 2.24) is 0 Å². The lowest BCUT2D eigenvalue weighted by molar-refractivity contribution is 0.420. The predicted octanol–water partition coefficient (Wildman–Crippen LogP) is 6.35. The highest BCUT2D eigenvalue weighted by atomic mass is 16.3. The average Bonchev–Trinajstić information content (AvgIpc) is 3.31. The van der Waals surface area contributed by atoms with E-state index in [1.807, 2.05) is 12.3 Å². The van der Waals surface area contributed by atoms with Crippen LogP contribution in [-0.4, -0.2) is 17.4 Å². The Labute approximate surface area is 163 Å². The monoisotopic (exact) mass is 361 g/mol. The van der Waals surface area contributed by atoms with Gasteiger partial charge in [0.2, 0.25) is 0 Å². The maximum Gasteiger partial charge on any atom is 0.128 e. The number of hydrogen-bond acceptors (Lipinski definition) is 2. The molecule has 2 fully saturated rings. The summed E-state index contributed by atoms with van der Waals surface area (Å²) >= 11 is 0. The quantitative estimate of drug-likeness (QED) is 0.618. The van der Waals surface area contributed by atoms with Crippen molar-refractivity contribution in [2.75, 3.05) is 0 Å². The third-order valence-corrected chi connectivity index (χ3v) is 6.97. The maximum absolute atomic E-state index is 11.0. The molecule has 0 saturated heterocycles. The summed E-state index contributed by atoms with van der Waals surface area (Å²) in [4.78, 5) is 4.94. The van der Waals surface area contributed by atoms with Crippen molar-refractivity contribution in [3.05, 3.63) is 53.6 Å². The fourth-order valence-corrected chi connectivity index (χ4v) is 4.83. The van der Waals surface area contributed by atoms with E-state index in [0.717, 1.165) is 34.9 Å². The first-order chi connectivity index (χ1) is 13.0. The number of phenols is 1. The van der Waals surface area contributed by atoms with Crippen molar-refractivity contribution in [3.8, 4) is 16.9 Å². The molecule has 0 aromatic heterocycles. The summed E-state index contributed by atoms with van der Waals surface area (Å²) in [5, 5.41) is 11.0. The lowest BCUT2D eigenvalue weighted by Gasteiger charge is -2.26. The lowest BCUT2D eigenvalue weighted by atomic mass is 9.79. The summed E-state index contributed by atoms with van der Waals surface area (Å²) in [5.74, 6) is 2.04. The van der Waals surface area contributed by atoms with Gasteiger partial charge in [-0.05, 0) is 66.2 Å². The van der Waals surface area contributed by atoms with Crippen LogP contribution in [0, 0.1) is 11.8 Å². The molecule has 3 atom stereocenters. The first kappa shape index (κ1) is 18.3. The van der Waals surface area contributed by atoms with Gasteiger partial charge in [-0.3, -0.25) is 4.99 Å². The van der Waals surface area contributed by atoms with Crippen molar-refractivity contribution in [1.29, 1.82) is 0 Å². The van der Waals surface area contributed by atoms with Crippen LogP contribution < -0.4 is 0 Å². The van der Waals surface area contributed by atoms with Crippen molar-refractivity contribution < 1.29 is 5.11 Å². The van der Waals surface area contributed by atoms with E-state index in [2.05, 4.69) is 57.2 Å². The minimum absolute atomic E-state index is 0.0795. The van der Waals surface area contributed by atoms with E-state index in [4.69, 9.17) is 4.99 Å². The van der Waals surface area contributed by atoms with Crippen LogP contribution in [-0.2, 0) is 5.41 Å². The number of benzene rings is 2. The minimum atomic E-state index is -0.0795. The van der Waals surface area contributed by atoms with Crippen LogP contribution in [0.2, 0.25) is 0 Å². The molecule has 2 aromatic carbocycles. The van der Waals surface area contributed by atoms with E-state index in [-0.39, 0.29) is 5.41 Å². The number of fused-ring (bicyclic) bond motifs is 2. The van der Waals surface area contributed by atoms with Gasteiger partial charge in [-0.1, -0.05) is 57.5 Å². The fraction of sp³-hybridized carbons (Fsp3) is 0.480. The average molecular weight is 362 g/mol. The number of aromatic hydroxyl groups is 1. The molecule has 4 rings (SSSR count). The fourth-order valence-electron chi connectivity index (χ4n) is 4.83. The van der Waals surface area contributed by atoms with Gasteiger partial charge in [0.05, 0.1) is 6.04 Å². The number of nitrogens with zero attached hydrogens (tertiary/aromatic N) is 1. The van der Waals surface area contributed by atoms with E-state index in [0.29, 0.717) is 11.8 Å². The molecular weight excluding hydrogens is 330 g/mol. The summed E-state index contributed by atoms with van der Waals surface area (Å²) in [6, 6.07) is 15.1. The third kappa shape index (κ3) is 3.54. The van der Waals surface area contributed by atoms with Crippen LogP contribution in [0.1, 0.15) is 64.0 Å². The molecule has 1 N–H and O–H groups in total. The number of phenolic OH excluding ortho intramolecular Hbond substituents is 1. The molecule has 0 aliphatic heterocycles. The molecule has 0 spiro atoms. The Bertz CT molecular complexity index is 837. The van der Waals surface area contributed by atoms with Gasteiger partial charge in [0.1, 0.15) is 5.75 Å². The maximum atomic E-state index is 11.0. The normalized spacial score (nSPS) is 24.8. The summed E-state index contributed by atoms with van der Waals surface area (Å²) < 4.78 is 0. The van der Waals surface area contributed by atoms with Crippen molar-refractivity contribution in [2.24, 2.45) is 16.8 Å². The number of hydrogen-bond donors (Lipinski definition) is 1. The Morgan fingerprint density at radius 1 is 1.07 bits per heavy atom. The minimum Gasteiger partial charge on any atom is -0.507 e. The molecule has 0 heterocycles. The Hall–Kier alpha value is -2.09. The van der Waals surface area contributed by atoms with E-state index >= 15 is 0 Å². The second-order valence-electron chi connectivity index (χ2n) is 9.09. The molecule has 0 amide bonds. The van der Waals surface area contributed by atoms with Gasteiger partial charge in [0, 0.05) is 17.3 Å². The smallest absolute Gasteiger partial charge is 0.128 e. The Morgan fingerprint density at radius 2 is 1.85 bits per heavy atom. The zero-order valence-corrected chi connectivity index (χ0v) is 16.8. The Balaban J connectivity index is 1.74. The van der Waals surface area contributed by atoms with Gasteiger partial charge >= 0.3 is 0 Å². The lowest BCUT2D eigenvalue weighted by Crippen LogP contribution is -2.17. The molecule has 27 heavy (non-hydrogen) atoms. The van der Waals surface area contributed by atoms with Crippen LogP contribution in [0.25, 0.3) is 11.1 Å². The molecule has 0 radical (unpaired) electrons. The molecule has 2 saturated carbocycles. The van der Waals surface area contributed by atoms with Gasteiger partial charge in [0.25, 0.3) is 0 Å². The van der Waals surface area contributed by atoms with Crippen LogP contribution in [0.4, 0.5) is 0 Å². The second kappa shape index (κ2) is 7.14. The highest BCUT2D eigenvalue weighted by Gasteiger charge is 2.39. The molecular formula is C25H31NO. The summed E-state index contributed by atoms with van der Waals surface area (Å²) in [5.41, 5.74) is 4.13. The molecule has 142 valence electrons. The molecule has 2 aromatic rings. The first-order valence-electron chi connectivity index (χ1n) is 10.4. The zero-order valence-electron chi connectivity index (χ0n) is 16.8. The van der Waals surface area contributed by atoms with Crippen LogP contribution in [0.3, 0.4) is 0 Å². The largest absolute Gasteiger partial charge is 0.507 e. The SMILES string of the molecule is CCC(C)(C)c1cc(-c2ccccc2)cc(C=NC2CC3CCC2C3)c1O. The van der Waals surface area contributed by atoms with Gasteiger partial charge in [-0.25, -0.2) is 0 Å². The topological polar surface area (TPSA) is 32.6 Å².